The van der Waals surface area contributed by atoms with Crippen molar-refractivity contribution in [1.29, 1.82) is 0 Å². The molecule has 0 unspecified atom stereocenters. The van der Waals surface area contributed by atoms with Gasteiger partial charge in [0.25, 0.3) is 0 Å². The lowest BCUT2D eigenvalue weighted by Gasteiger charge is -2.31. The Bertz CT molecular complexity index is 767. The molecule has 3 aliphatic rings. The molecule has 0 bridgehead atoms. The van der Waals surface area contributed by atoms with Crippen LogP contribution in [-0.2, 0) is 25.5 Å². The molecule has 6 nitrogen and oxygen atoms in total. The Morgan fingerprint density at radius 1 is 1.06 bits per heavy atom. The molecule has 0 radical (unpaired) electrons. The molecule has 186 valence electrons. The Labute approximate surface area is 206 Å². The third-order valence-electron chi connectivity index (χ3n) is 6.81. The lowest BCUT2D eigenvalue weighted by Crippen LogP contribution is -2.53. The van der Waals surface area contributed by atoms with Gasteiger partial charge in [-0.3, -0.25) is 14.4 Å². The minimum atomic E-state index is -0.552. The molecule has 0 aromatic heterocycles. The molecule has 2 aliphatic heterocycles. The van der Waals surface area contributed by atoms with Crippen molar-refractivity contribution in [3.8, 4) is 0 Å². The van der Waals surface area contributed by atoms with E-state index in [0.717, 1.165) is 18.4 Å². The zero-order valence-electron chi connectivity index (χ0n) is 18.1. The molecule has 2 saturated heterocycles. The van der Waals surface area contributed by atoms with E-state index in [9.17, 15) is 14.4 Å². The van der Waals surface area contributed by atoms with Crippen LogP contribution in [0.25, 0.3) is 0 Å². The fraction of sp³-hybridized carbons (Fsp3) is 0.654. The average molecular weight is 479 g/mol. The Hall–Kier alpha value is -1.86. The smallest absolute Gasteiger partial charge is 0.245 e. The van der Waals surface area contributed by atoms with E-state index in [1.165, 1.54) is 19.3 Å². The summed E-state index contributed by atoms with van der Waals surface area (Å²) in [6.07, 6.45) is 8.03. The normalized spacial score (nSPS) is 22.9. The largest absolute Gasteiger partial charge is 0.368 e. The molecule has 7 heteroatoms. The number of benzene rings is 1. The maximum atomic E-state index is 13.4. The molecule has 0 spiro atoms. The summed E-state index contributed by atoms with van der Waals surface area (Å²) in [5.41, 5.74) is 1.11. The first-order chi connectivity index (χ1) is 14.6. The number of rotatable bonds is 7. The lowest BCUT2D eigenvalue weighted by atomic mass is 9.84. The second-order valence-electron chi connectivity index (χ2n) is 8.93. The summed E-state index contributed by atoms with van der Waals surface area (Å²) in [6, 6.07) is 8.89. The lowest BCUT2D eigenvalue weighted by molar-refractivity contribution is -0.140. The van der Waals surface area contributed by atoms with E-state index < -0.39 is 12.1 Å². The van der Waals surface area contributed by atoms with Crippen molar-refractivity contribution in [1.82, 2.24) is 10.2 Å². The third kappa shape index (κ3) is 7.31. The highest BCUT2D eigenvalue weighted by Gasteiger charge is 2.48. The van der Waals surface area contributed by atoms with Gasteiger partial charge in [-0.15, -0.1) is 0 Å². The van der Waals surface area contributed by atoms with Crippen LogP contribution in [0.5, 0.6) is 0 Å². The van der Waals surface area contributed by atoms with Crippen LogP contribution in [0.15, 0.2) is 30.3 Å². The Kier molecular flexibility index (Phi) is 12.2. The highest BCUT2D eigenvalue weighted by molar-refractivity contribution is 7.59. The quantitative estimate of drug-likeness (QED) is 0.642. The number of ether oxygens (including phenoxy) is 1. The first-order valence-corrected chi connectivity index (χ1v) is 11.4. The van der Waals surface area contributed by atoms with Crippen LogP contribution in [0.3, 0.4) is 0 Å². The number of hydrogen-bond acceptors (Lipinski definition) is 4. The van der Waals surface area contributed by atoms with Crippen LogP contribution in [-0.4, -0.2) is 53.8 Å². The molecule has 1 saturated carbocycles. The summed E-state index contributed by atoms with van der Waals surface area (Å²) in [4.78, 5) is 40.1. The average Bonchev–Trinajstić information content (AvgIpc) is 3.36. The number of nitrogens with one attached hydrogen (secondary N) is 1. The highest BCUT2D eigenvalue weighted by Crippen LogP contribution is 2.31. The molecule has 4 rings (SSSR count). The van der Waals surface area contributed by atoms with Gasteiger partial charge < -0.3 is 15.0 Å². The van der Waals surface area contributed by atoms with Crippen LogP contribution in [0.2, 0.25) is 0 Å². The van der Waals surface area contributed by atoms with Gasteiger partial charge >= 0.3 is 0 Å². The van der Waals surface area contributed by atoms with Gasteiger partial charge in [-0.05, 0) is 30.7 Å². The number of likely N-dealkylation sites (tertiary alicyclic amines) is 1. The van der Waals surface area contributed by atoms with Crippen molar-refractivity contribution in [2.45, 2.75) is 90.8 Å². The van der Waals surface area contributed by atoms with Crippen molar-refractivity contribution in [3.63, 3.8) is 0 Å². The molecule has 1 aromatic rings. The van der Waals surface area contributed by atoms with E-state index in [1.54, 1.807) is 4.90 Å². The van der Waals surface area contributed by atoms with E-state index in [1.807, 2.05) is 30.3 Å². The predicted octanol–water partition coefficient (Wildman–Crippen LogP) is 4.03. The predicted molar refractivity (Wildman–Crippen MR) is 137 cm³/mol. The second-order valence-corrected chi connectivity index (χ2v) is 8.93. The minimum Gasteiger partial charge on any atom is -0.368 e. The number of amides is 2. The third-order valence-corrected chi connectivity index (χ3v) is 6.81. The van der Waals surface area contributed by atoms with Gasteiger partial charge in [0.05, 0.1) is 6.10 Å². The van der Waals surface area contributed by atoms with Crippen molar-refractivity contribution in [2.24, 2.45) is 5.92 Å². The van der Waals surface area contributed by atoms with E-state index >= 15 is 0 Å². The zero-order valence-corrected chi connectivity index (χ0v) is 19.1. The Balaban J connectivity index is 0.00000181. The van der Waals surface area contributed by atoms with Crippen LogP contribution in [0.4, 0.5) is 0 Å². The number of carbonyl (C=O) groups is 3. The van der Waals surface area contributed by atoms with Gasteiger partial charge in [0.15, 0.2) is 5.78 Å². The van der Waals surface area contributed by atoms with Gasteiger partial charge in [0.2, 0.25) is 11.8 Å². The van der Waals surface area contributed by atoms with Crippen LogP contribution in [0, 0.1) is 5.92 Å². The summed E-state index contributed by atoms with van der Waals surface area (Å²) in [6.45, 7) is 0.622. The van der Waals surface area contributed by atoms with E-state index in [0.29, 0.717) is 38.1 Å². The van der Waals surface area contributed by atoms with Gasteiger partial charge in [-0.2, -0.15) is 13.5 Å². The molecule has 33 heavy (non-hydrogen) atoms. The van der Waals surface area contributed by atoms with E-state index in [4.69, 9.17) is 4.74 Å². The molecule has 1 aromatic carbocycles. The van der Waals surface area contributed by atoms with Crippen LogP contribution in [0.1, 0.15) is 71.8 Å². The number of carbonyl (C=O) groups excluding carboxylic acids is 3. The number of aryl methyl sites for hydroxylation is 1. The number of hydrogen-bond donors (Lipinski definition) is 1. The first kappa shape index (κ1) is 29.2. The van der Waals surface area contributed by atoms with E-state index in [2.05, 4.69) is 5.32 Å². The van der Waals surface area contributed by atoms with Gasteiger partial charge in [0.1, 0.15) is 18.7 Å². The topological polar surface area (TPSA) is 75.7 Å². The Morgan fingerprint density at radius 3 is 2.45 bits per heavy atom. The molecule has 1 aliphatic carbocycles. The maximum absolute atomic E-state index is 13.4. The monoisotopic (exact) mass is 478 g/mol. The molecular weight excluding hydrogens is 436 g/mol. The fourth-order valence-corrected chi connectivity index (χ4v) is 5.19. The maximum Gasteiger partial charge on any atom is 0.245 e. The number of nitrogens with zero attached hydrogens (tertiary/aromatic N) is 1. The molecule has 2 amide bonds. The summed E-state index contributed by atoms with van der Waals surface area (Å²) < 4.78 is 5.54. The van der Waals surface area contributed by atoms with Gasteiger partial charge in [-0.25, -0.2) is 0 Å². The summed E-state index contributed by atoms with van der Waals surface area (Å²) in [5, 5.41) is 3.02. The summed E-state index contributed by atoms with van der Waals surface area (Å²) in [5.74, 6) is 0.228. The van der Waals surface area contributed by atoms with Crippen molar-refractivity contribution < 1.29 is 19.1 Å². The molecule has 1 N–H and O–H groups in total. The first-order valence-electron chi connectivity index (χ1n) is 11.4. The number of fused-ring (bicyclic) bond motifs is 1. The van der Waals surface area contributed by atoms with Crippen molar-refractivity contribution in [3.05, 3.63) is 35.9 Å². The fourth-order valence-electron chi connectivity index (χ4n) is 5.19. The van der Waals surface area contributed by atoms with Gasteiger partial charge in [0, 0.05) is 13.0 Å². The van der Waals surface area contributed by atoms with Crippen LogP contribution >= 0.6 is 13.5 Å². The zero-order chi connectivity index (χ0) is 20.9. The Morgan fingerprint density at radius 2 is 1.76 bits per heavy atom. The number of ketones is 1. The molecular formula is C26H42N2O4S. The standard InChI is InChI=1S/C24H32N2O4.2CH4.H2S/c27-20-16-30-21-13-14-26(23(20)21)24(29)19(15-18-9-5-2-6-10-18)25-22(28)12-11-17-7-3-1-4-8-17;;;/h1,3-4,7-8,18-19,21,23H,2,5-6,9-16H2,(H,25,28);2*1H4;1H2/t19-,21+,23+;;;/m0.../s1. The van der Waals surface area contributed by atoms with Crippen LogP contribution < -0.4 is 5.32 Å². The summed E-state index contributed by atoms with van der Waals surface area (Å²) >= 11 is 0. The minimum absolute atomic E-state index is 0. The number of Topliss-reactive ketones (excluding diaryl/α,β-unsaturated/α-hetero) is 1. The SMILES string of the molecule is C.C.O=C(CCc1ccccc1)N[C@@H](CC1CCCCC1)C(=O)N1CC[C@H]2OCC(=O)[C@H]21.S. The van der Waals surface area contributed by atoms with Crippen molar-refractivity contribution in [2.75, 3.05) is 13.2 Å². The van der Waals surface area contributed by atoms with Gasteiger partial charge in [-0.1, -0.05) is 77.3 Å². The molecule has 3 atom stereocenters. The molecule has 2 heterocycles. The summed E-state index contributed by atoms with van der Waals surface area (Å²) in [7, 11) is 0. The highest BCUT2D eigenvalue weighted by atomic mass is 32.1. The second kappa shape index (κ2) is 13.8. The van der Waals surface area contributed by atoms with Crippen molar-refractivity contribution >= 4 is 31.1 Å². The van der Waals surface area contributed by atoms with E-state index in [-0.39, 0.29) is 58.7 Å². The molecule has 3 fully saturated rings.